The third-order valence-electron chi connectivity index (χ3n) is 4.10. The van der Waals surface area contributed by atoms with Gasteiger partial charge in [-0.3, -0.25) is 9.69 Å². The van der Waals surface area contributed by atoms with E-state index in [1.807, 2.05) is 6.92 Å². The van der Waals surface area contributed by atoms with Gasteiger partial charge in [0.15, 0.2) is 0 Å². The third-order valence-corrected chi connectivity index (χ3v) is 4.10. The maximum atomic E-state index is 11.8. The second kappa shape index (κ2) is 6.89. The van der Waals surface area contributed by atoms with E-state index >= 15 is 0 Å². The first-order chi connectivity index (χ1) is 9.60. The van der Waals surface area contributed by atoms with E-state index in [0.717, 1.165) is 32.5 Å². The van der Waals surface area contributed by atoms with Crippen molar-refractivity contribution in [2.75, 3.05) is 19.7 Å². The van der Waals surface area contributed by atoms with Gasteiger partial charge >= 0.3 is 5.97 Å². The second-order valence-electron chi connectivity index (χ2n) is 5.74. The number of ether oxygens (including phenoxy) is 1. The zero-order valence-electron chi connectivity index (χ0n) is 12.8. The number of hydrogen-bond donors (Lipinski definition) is 0. The number of nitrogens with zero attached hydrogens (tertiary/aromatic N) is 1. The summed E-state index contributed by atoms with van der Waals surface area (Å²) in [7, 11) is 0. The summed E-state index contributed by atoms with van der Waals surface area (Å²) in [6.07, 6.45) is 2.04. The van der Waals surface area contributed by atoms with Crippen molar-refractivity contribution in [1.82, 2.24) is 4.90 Å². The number of aryl methyl sites for hydroxylation is 2. The lowest BCUT2D eigenvalue weighted by Crippen LogP contribution is -2.38. The summed E-state index contributed by atoms with van der Waals surface area (Å²) in [5.41, 5.74) is 4.00. The molecule has 2 rings (SSSR count). The Labute approximate surface area is 121 Å². The van der Waals surface area contributed by atoms with E-state index in [1.54, 1.807) is 0 Å². The van der Waals surface area contributed by atoms with E-state index in [9.17, 15) is 4.79 Å². The molecule has 1 fully saturated rings. The fourth-order valence-corrected chi connectivity index (χ4v) is 2.81. The number of benzene rings is 1. The van der Waals surface area contributed by atoms with Gasteiger partial charge in [-0.2, -0.15) is 0 Å². The number of carbonyl (C=O) groups is 1. The molecule has 1 aromatic carbocycles. The monoisotopic (exact) mass is 275 g/mol. The van der Waals surface area contributed by atoms with Crippen LogP contribution in [0.1, 0.15) is 36.5 Å². The van der Waals surface area contributed by atoms with Gasteiger partial charge in [-0.25, -0.2) is 0 Å². The van der Waals surface area contributed by atoms with E-state index < -0.39 is 0 Å². The fraction of sp³-hybridized carbons (Fsp3) is 0.588. The molecule has 3 heteroatoms. The number of rotatable bonds is 4. The van der Waals surface area contributed by atoms with Crippen molar-refractivity contribution in [2.45, 2.75) is 40.2 Å². The van der Waals surface area contributed by atoms with Crippen LogP contribution in [0.2, 0.25) is 0 Å². The molecule has 0 N–H and O–H groups in total. The molecule has 0 bridgehead atoms. The summed E-state index contributed by atoms with van der Waals surface area (Å²) < 4.78 is 5.15. The average Bonchev–Trinajstić information content (AvgIpc) is 2.43. The van der Waals surface area contributed by atoms with Crippen LogP contribution in [0.3, 0.4) is 0 Å². The number of likely N-dealkylation sites (tertiary alicyclic amines) is 1. The van der Waals surface area contributed by atoms with Crippen molar-refractivity contribution >= 4 is 5.97 Å². The molecular weight excluding hydrogens is 250 g/mol. The highest BCUT2D eigenvalue weighted by Crippen LogP contribution is 2.20. The summed E-state index contributed by atoms with van der Waals surface area (Å²) in [4.78, 5) is 14.2. The lowest BCUT2D eigenvalue weighted by molar-refractivity contribution is -0.150. The summed E-state index contributed by atoms with van der Waals surface area (Å²) in [6.45, 7) is 9.46. The number of carbonyl (C=O) groups excluding carboxylic acids is 1. The molecule has 1 aliphatic heterocycles. The molecular formula is C17H25NO2. The van der Waals surface area contributed by atoms with Gasteiger partial charge in [0.05, 0.1) is 12.5 Å². The third kappa shape index (κ3) is 3.83. The Kier molecular flexibility index (Phi) is 5.18. The molecule has 0 saturated carbocycles. The highest BCUT2D eigenvalue weighted by Gasteiger charge is 2.26. The highest BCUT2D eigenvalue weighted by atomic mass is 16.5. The molecule has 0 aliphatic carbocycles. The van der Waals surface area contributed by atoms with Gasteiger partial charge in [-0.1, -0.05) is 18.2 Å². The molecule has 0 aromatic heterocycles. The molecule has 0 radical (unpaired) electrons. The van der Waals surface area contributed by atoms with E-state index in [0.29, 0.717) is 6.61 Å². The van der Waals surface area contributed by atoms with Crippen LogP contribution in [0.15, 0.2) is 18.2 Å². The molecule has 0 amide bonds. The van der Waals surface area contributed by atoms with Crippen LogP contribution in [0.5, 0.6) is 0 Å². The van der Waals surface area contributed by atoms with Crippen LogP contribution in [0, 0.1) is 19.8 Å². The fourth-order valence-electron chi connectivity index (χ4n) is 2.81. The summed E-state index contributed by atoms with van der Waals surface area (Å²) in [5, 5.41) is 0. The predicted molar refractivity (Wildman–Crippen MR) is 80.6 cm³/mol. The summed E-state index contributed by atoms with van der Waals surface area (Å²) in [5.74, 6) is 0.0209. The van der Waals surface area contributed by atoms with Gasteiger partial charge in [0.1, 0.15) is 0 Å². The topological polar surface area (TPSA) is 29.5 Å². The second-order valence-corrected chi connectivity index (χ2v) is 5.74. The van der Waals surface area contributed by atoms with Crippen molar-refractivity contribution in [1.29, 1.82) is 0 Å². The Hall–Kier alpha value is -1.35. The Morgan fingerprint density at radius 3 is 2.85 bits per heavy atom. The Morgan fingerprint density at radius 2 is 2.15 bits per heavy atom. The minimum Gasteiger partial charge on any atom is -0.466 e. The molecule has 110 valence electrons. The van der Waals surface area contributed by atoms with Crippen LogP contribution >= 0.6 is 0 Å². The Morgan fingerprint density at radius 1 is 1.35 bits per heavy atom. The zero-order valence-corrected chi connectivity index (χ0v) is 12.8. The Balaban J connectivity index is 1.95. The predicted octanol–water partition coefficient (Wildman–Crippen LogP) is 3.08. The van der Waals surface area contributed by atoms with E-state index in [-0.39, 0.29) is 11.9 Å². The molecule has 1 heterocycles. The molecule has 0 unspecified atom stereocenters. The van der Waals surface area contributed by atoms with Crippen molar-refractivity contribution in [3.63, 3.8) is 0 Å². The maximum absolute atomic E-state index is 11.8. The zero-order chi connectivity index (χ0) is 14.5. The number of piperidine rings is 1. The highest BCUT2D eigenvalue weighted by molar-refractivity contribution is 5.72. The van der Waals surface area contributed by atoms with Crippen molar-refractivity contribution in [2.24, 2.45) is 5.92 Å². The summed E-state index contributed by atoms with van der Waals surface area (Å²) >= 11 is 0. The van der Waals surface area contributed by atoms with Gasteiger partial charge in [0.2, 0.25) is 0 Å². The maximum Gasteiger partial charge on any atom is 0.310 e. The van der Waals surface area contributed by atoms with Crippen molar-refractivity contribution in [3.8, 4) is 0 Å². The molecule has 1 saturated heterocycles. The van der Waals surface area contributed by atoms with Gasteiger partial charge in [-0.05, 0) is 56.8 Å². The first-order valence-electron chi connectivity index (χ1n) is 7.55. The van der Waals surface area contributed by atoms with Gasteiger partial charge in [-0.15, -0.1) is 0 Å². The van der Waals surface area contributed by atoms with E-state index in [1.165, 1.54) is 16.7 Å². The lowest BCUT2D eigenvalue weighted by Gasteiger charge is -2.31. The van der Waals surface area contributed by atoms with Crippen LogP contribution in [-0.2, 0) is 16.1 Å². The van der Waals surface area contributed by atoms with E-state index in [4.69, 9.17) is 4.74 Å². The lowest BCUT2D eigenvalue weighted by atomic mass is 9.97. The van der Waals surface area contributed by atoms with Crippen molar-refractivity contribution in [3.05, 3.63) is 34.9 Å². The van der Waals surface area contributed by atoms with Gasteiger partial charge < -0.3 is 4.74 Å². The van der Waals surface area contributed by atoms with Gasteiger partial charge in [0.25, 0.3) is 0 Å². The minimum atomic E-state index is -0.0303. The van der Waals surface area contributed by atoms with Crippen LogP contribution in [0.4, 0.5) is 0 Å². The first kappa shape index (κ1) is 15.0. The number of hydrogen-bond acceptors (Lipinski definition) is 3. The van der Waals surface area contributed by atoms with Crippen LogP contribution in [-0.4, -0.2) is 30.6 Å². The van der Waals surface area contributed by atoms with E-state index in [2.05, 4.69) is 36.9 Å². The molecule has 20 heavy (non-hydrogen) atoms. The standard InChI is InChI=1S/C17H25NO2/c1-4-20-17(19)16-6-5-9-18(12-16)11-15-8-7-13(2)14(3)10-15/h7-8,10,16H,4-6,9,11-12H2,1-3H3/t16-/m0/s1. The molecule has 1 aromatic rings. The quantitative estimate of drug-likeness (QED) is 0.791. The summed E-state index contributed by atoms with van der Waals surface area (Å²) in [6, 6.07) is 6.62. The molecule has 1 atom stereocenters. The van der Waals surface area contributed by atoms with Crippen LogP contribution < -0.4 is 0 Å². The van der Waals surface area contributed by atoms with Crippen LogP contribution in [0.25, 0.3) is 0 Å². The van der Waals surface area contributed by atoms with Crippen molar-refractivity contribution < 1.29 is 9.53 Å². The largest absolute Gasteiger partial charge is 0.466 e. The molecule has 3 nitrogen and oxygen atoms in total. The normalized spacial score (nSPS) is 19.9. The number of esters is 1. The molecule has 1 aliphatic rings. The minimum absolute atomic E-state index is 0.0303. The first-order valence-corrected chi connectivity index (χ1v) is 7.55. The smallest absolute Gasteiger partial charge is 0.310 e. The Bertz CT molecular complexity index is 470. The molecule has 0 spiro atoms. The SMILES string of the molecule is CCOC(=O)[C@H]1CCCN(Cc2ccc(C)c(C)c2)C1. The van der Waals surface area contributed by atoms with Gasteiger partial charge in [0, 0.05) is 13.1 Å². The average molecular weight is 275 g/mol.